The van der Waals surface area contributed by atoms with Gasteiger partial charge in [0.2, 0.25) is 0 Å². The first kappa shape index (κ1) is 20.5. The number of unbranched alkanes of at least 4 members (excludes halogenated alkanes) is 2. The van der Waals surface area contributed by atoms with E-state index in [0.717, 1.165) is 58.1 Å². The van der Waals surface area contributed by atoms with Gasteiger partial charge in [-0.1, -0.05) is 0 Å². The summed E-state index contributed by atoms with van der Waals surface area (Å²) >= 11 is 1.82. The molecule has 0 atom stereocenters. The summed E-state index contributed by atoms with van der Waals surface area (Å²) in [7, 11) is 3.63. The molecule has 0 bridgehead atoms. The van der Waals surface area contributed by atoms with E-state index in [9.17, 15) is 0 Å². The highest BCUT2D eigenvalue weighted by molar-refractivity contribution is 14.0. The molecule has 0 aromatic carbocycles. The molecule has 5 nitrogen and oxygen atoms in total. The Morgan fingerprint density at radius 1 is 1.26 bits per heavy atom. The second-order valence-corrected chi connectivity index (χ2v) is 6.38. The lowest BCUT2D eigenvalue weighted by Crippen LogP contribution is -2.52. The molecule has 7 heteroatoms. The van der Waals surface area contributed by atoms with Gasteiger partial charge in [0.15, 0.2) is 5.96 Å². The maximum absolute atomic E-state index is 5.07. The zero-order valence-electron chi connectivity index (χ0n) is 14.2. The van der Waals surface area contributed by atoms with Gasteiger partial charge in [0.1, 0.15) is 0 Å². The SMILES string of the molecule is CN=C(NCCCCCOC)N1CCN(c2cccs2)CC1.I. The predicted molar refractivity (Wildman–Crippen MR) is 111 cm³/mol. The van der Waals surface area contributed by atoms with Crippen molar-refractivity contribution in [3.63, 3.8) is 0 Å². The minimum absolute atomic E-state index is 0. The molecule has 132 valence electrons. The van der Waals surface area contributed by atoms with E-state index in [-0.39, 0.29) is 24.0 Å². The molecule has 2 rings (SSSR count). The molecule has 1 aromatic rings. The van der Waals surface area contributed by atoms with Gasteiger partial charge in [-0.2, -0.15) is 0 Å². The molecule has 0 unspecified atom stereocenters. The Kier molecular flexibility index (Phi) is 10.6. The first-order valence-electron chi connectivity index (χ1n) is 8.08. The Hall–Kier alpha value is -0.540. The third kappa shape index (κ3) is 6.84. The number of ether oxygens (including phenoxy) is 1. The number of nitrogens with one attached hydrogen (secondary N) is 1. The van der Waals surface area contributed by atoms with E-state index >= 15 is 0 Å². The number of anilines is 1. The minimum atomic E-state index is 0. The molecule has 1 N–H and O–H groups in total. The van der Waals surface area contributed by atoms with Crippen molar-refractivity contribution < 1.29 is 4.74 Å². The van der Waals surface area contributed by atoms with Crippen LogP contribution in [0.4, 0.5) is 5.00 Å². The number of piperazine rings is 1. The number of aliphatic imine (C=N–C) groups is 1. The molecule has 2 heterocycles. The van der Waals surface area contributed by atoms with E-state index in [4.69, 9.17) is 4.74 Å². The highest BCUT2D eigenvalue weighted by Gasteiger charge is 2.19. The number of halogens is 1. The van der Waals surface area contributed by atoms with Crippen LogP contribution < -0.4 is 10.2 Å². The van der Waals surface area contributed by atoms with Crippen LogP contribution in [0.1, 0.15) is 19.3 Å². The van der Waals surface area contributed by atoms with E-state index in [1.807, 2.05) is 18.4 Å². The summed E-state index contributed by atoms with van der Waals surface area (Å²) in [6.07, 6.45) is 3.50. The van der Waals surface area contributed by atoms with Gasteiger partial charge >= 0.3 is 0 Å². The van der Waals surface area contributed by atoms with Gasteiger partial charge in [-0.25, -0.2) is 0 Å². The molecule has 1 aromatic heterocycles. The van der Waals surface area contributed by atoms with E-state index in [0.29, 0.717) is 0 Å². The van der Waals surface area contributed by atoms with E-state index in [1.165, 1.54) is 11.4 Å². The quantitative estimate of drug-likeness (QED) is 0.299. The van der Waals surface area contributed by atoms with Gasteiger partial charge in [0.25, 0.3) is 0 Å². The summed E-state index contributed by atoms with van der Waals surface area (Å²) in [5.74, 6) is 1.04. The molecule has 1 aliphatic heterocycles. The number of methoxy groups -OCH3 is 1. The summed E-state index contributed by atoms with van der Waals surface area (Å²) in [5, 5.41) is 7.01. The zero-order chi connectivity index (χ0) is 15.6. The highest BCUT2D eigenvalue weighted by Crippen LogP contribution is 2.22. The fourth-order valence-corrected chi connectivity index (χ4v) is 3.45. The number of nitrogens with zero attached hydrogens (tertiary/aromatic N) is 3. The van der Waals surface area contributed by atoms with Crippen LogP contribution in [-0.2, 0) is 4.74 Å². The Bertz CT molecular complexity index is 433. The van der Waals surface area contributed by atoms with Crippen molar-refractivity contribution in [1.29, 1.82) is 0 Å². The number of hydrogen-bond donors (Lipinski definition) is 1. The molecule has 0 aliphatic carbocycles. The van der Waals surface area contributed by atoms with Crippen molar-refractivity contribution >= 4 is 46.3 Å². The number of hydrogen-bond acceptors (Lipinski definition) is 4. The van der Waals surface area contributed by atoms with Crippen molar-refractivity contribution in [1.82, 2.24) is 10.2 Å². The van der Waals surface area contributed by atoms with Gasteiger partial charge < -0.3 is 19.9 Å². The molecule has 23 heavy (non-hydrogen) atoms. The average molecular weight is 452 g/mol. The van der Waals surface area contributed by atoms with E-state index in [1.54, 1.807) is 7.11 Å². The second-order valence-electron chi connectivity index (χ2n) is 5.45. The normalized spacial score (nSPS) is 15.5. The maximum Gasteiger partial charge on any atom is 0.193 e. The average Bonchev–Trinajstić information content (AvgIpc) is 3.09. The standard InChI is InChI=1S/C16H28N4OS.HI/c1-17-16(18-8-4-3-5-13-21-2)20-11-9-19(10-12-20)15-7-6-14-22-15;/h6-7,14H,3-5,8-13H2,1-2H3,(H,17,18);1H. The Labute approximate surface area is 161 Å². The molecular weight excluding hydrogens is 423 g/mol. The second kappa shape index (κ2) is 11.9. The molecule has 0 spiro atoms. The molecule has 1 fully saturated rings. The molecule has 0 saturated carbocycles. The van der Waals surface area contributed by atoms with Crippen LogP contribution in [0.5, 0.6) is 0 Å². The molecular formula is C16H29IN4OS. The smallest absolute Gasteiger partial charge is 0.193 e. The van der Waals surface area contributed by atoms with Crippen molar-refractivity contribution in [3.8, 4) is 0 Å². The van der Waals surface area contributed by atoms with Crippen LogP contribution in [0.2, 0.25) is 0 Å². The summed E-state index contributed by atoms with van der Waals surface area (Å²) in [6, 6.07) is 4.32. The summed E-state index contributed by atoms with van der Waals surface area (Å²) < 4.78 is 5.07. The lowest BCUT2D eigenvalue weighted by Gasteiger charge is -2.37. The lowest BCUT2D eigenvalue weighted by atomic mass is 10.2. The zero-order valence-corrected chi connectivity index (χ0v) is 17.3. The van der Waals surface area contributed by atoms with Crippen LogP contribution in [-0.4, -0.2) is 64.3 Å². The molecule has 0 radical (unpaired) electrons. The van der Waals surface area contributed by atoms with Crippen molar-refractivity contribution in [2.24, 2.45) is 4.99 Å². The van der Waals surface area contributed by atoms with E-state index in [2.05, 4.69) is 37.6 Å². The summed E-state index contributed by atoms with van der Waals surface area (Å²) in [4.78, 5) is 9.24. The first-order valence-corrected chi connectivity index (χ1v) is 8.96. The monoisotopic (exact) mass is 452 g/mol. The third-order valence-electron chi connectivity index (χ3n) is 3.92. The van der Waals surface area contributed by atoms with Gasteiger partial charge in [-0.15, -0.1) is 35.3 Å². The van der Waals surface area contributed by atoms with Gasteiger partial charge in [0.05, 0.1) is 5.00 Å². The Morgan fingerprint density at radius 2 is 2.04 bits per heavy atom. The predicted octanol–water partition coefficient (Wildman–Crippen LogP) is 2.88. The minimum Gasteiger partial charge on any atom is -0.385 e. The molecule has 1 aliphatic rings. The largest absolute Gasteiger partial charge is 0.385 e. The fourth-order valence-electron chi connectivity index (χ4n) is 2.67. The van der Waals surface area contributed by atoms with Crippen LogP contribution in [0.25, 0.3) is 0 Å². The Morgan fingerprint density at radius 3 is 2.65 bits per heavy atom. The van der Waals surface area contributed by atoms with Gasteiger partial charge in [-0.3, -0.25) is 4.99 Å². The molecule has 1 saturated heterocycles. The van der Waals surface area contributed by atoms with Crippen molar-refractivity contribution in [2.75, 3.05) is 58.4 Å². The van der Waals surface area contributed by atoms with Crippen LogP contribution in [0.3, 0.4) is 0 Å². The Balaban J connectivity index is 0.00000264. The number of thiophene rings is 1. The number of guanidine groups is 1. The van der Waals surface area contributed by atoms with Crippen molar-refractivity contribution in [3.05, 3.63) is 17.5 Å². The topological polar surface area (TPSA) is 40.1 Å². The van der Waals surface area contributed by atoms with Gasteiger partial charge in [-0.05, 0) is 36.8 Å². The fraction of sp³-hybridized carbons (Fsp3) is 0.688. The number of rotatable bonds is 7. The van der Waals surface area contributed by atoms with Crippen LogP contribution in [0.15, 0.2) is 22.5 Å². The maximum atomic E-state index is 5.07. The van der Waals surface area contributed by atoms with Crippen LogP contribution in [0, 0.1) is 0 Å². The molecule has 0 amide bonds. The van der Waals surface area contributed by atoms with Gasteiger partial charge in [0, 0.05) is 53.5 Å². The van der Waals surface area contributed by atoms with Crippen LogP contribution >= 0.6 is 35.3 Å². The van der Waals surface area contributed by atoms with Crippen molar-refractivity contribution in [2.45, 2.75) is 19.3 Å². The summed E-state index contributed by atoms with van der Waals surface area (Å²) in [5.41, 5.74) is 0. The van der Waals surface area contributed by atoms with E-state index < -0.39 is 0 Å². The third-order valence-corrected chi connectivity index (χ3v) is 4.85. The lowest BCUT2D eigenvalue weighted by molar-refractivity contribution is 0.192. The summed E-state index contributed by atoms with van der Waals surface area (Å²) in [6.45, 7) is 6.04. The highest BCUT2D eigenvalue weighted by atomic mass is 127. The first-order chi connectivity index (χ1) is 10.8.